The summed E-state index contributed by atoms with van der Waals surface area (Å²) >= 11 is 0. The maximum Gasteiger partial charge on any atom is 0.0622 e. The van der Waals surface area contributed by atoms with Crippen molar-refractivity contribution in [1.29, 1.82) is 0 Å². The monoisotopic (exact) mass is 296 g/mol. The fraction of sp³-hybridized carbons (Fsp3) is 1.00. The minimum absolute atomic E-state index is 0.227. The quantitative estimate of drug-likeness (QED) is 0.811. The predicted octanol–water partition coefficient (Wildman–Crippen LogP) is 3.42. The molecule has 0 aromatic heterocycles. The Kier molecular flexibility index (Phi) is 5.72. The van der Waals surface area contributed by atoms with Crippen LogP contribution in [0.25, 0.3) is 0 Å². The third-order valence-electron chi connectivity index (χ3n) is 6.07. The lowest BCUT2D eigenvalue weighted by molar-refractivity contribution is -0.0695. The molecule has 2 aliphatic rings. The van der Waals surface area contributed by atoms with Crippen LogP contribution >= 0.6 is 0 Å². The summed E-state index contributed by atoms with van der Waals surface area (Å²) in [6, 6.07) is 0.563. The molecule has 21 heavy (non-hydrogen) atoms. The standard InChI is InChI=1S/C18H36N2O/c1-5-16-13-21-12-11-20(16)18(14-19)9-6-7-15(8-10-18)17(2,3)4/h15-16H,5-14,19H2,1-4H3. The third-order valence-corrected chi connectivity index (χ3v) is 6.07. The van der Waals surface area contributed by atoms with Gasteiger partial charge in [-0.1, -0.05) is 34.1 Å². The largest absolute Gasteiger partial charge is 0.378 e. The van der Waals surface area contributed by atoms with E-state index in [0.717, 1.165) is 32.2 Å². The Morgan fingerprint density at radius 3 is 2.62 bits per heavy atom. The van der Waals surface area contributed by atoms with E-state index in [1.165, 1.54) is 38.5 Å². The van der Waals surface area contributed by atoms with Crippen LogP contribution in [0.3, 0.4) is 0 Å². The summed E-state index contributed by atoms with van der Waals surface area (Å²) in [6.45, 7) is 13.1. The molecule has 3 atom stereocenters. The number of rotatable bonds is 3. The zero-order valence-corrected chi connectivity index (χ0v) is 14.7. The topological polar surface area (TPSA) is 38.5 Å². The van der Waals surface area contributed by atoms with Gasteiger partial charge in [0.1, 0.15) is 0 Å². The number of hydrogen-bond acceptors (Lipinski definition) is 3. The van der Waals surface area contributed by atoms with Gasteiger partial charge >= 0.3 is 0 Å². The van der Waals surface area contributed by atoms with Crippen LogP contribution in [-0.4, -0.2) is 42.8 Å². The van der Waals surface area contributed by atoms with Gasteiger partial charge in [-0.05, 0) is 43.4 Å². The van der Waals surface area contributed by atoms with Crippen molar-refractivity contribution in [2.45, 2.75) is 77.8 Å². The van der Waals surface area contributed by atoms with Gasteiger partial charge in [-0.3, -0.25) is 4.90 Å². The Morgan fingerprint density at radius 2 is 2.00 bits per heavy atom. The van der Waals surface area contributed by atoms with Crippen LogP contribution < -0.4 is 5.73 Å². The predicted molar refractivity (Wildman–Crippen MR) is 89.4 cm³/mol. The first-order valence-electron chi connectivity index (χ1n) is 8.97. The van der Waals surface area contributed by atoms with Gasteiger partial charge in [-0.15, -0.1) is 0 Å². The van der Waals surface area contributed by atoms with Gasteiger partial charge in [0.25, 0.3) is 0 Å². The van der Waals surface area contributed by atoms with Crippen LogP contribution in [0.4, 0.5) is 0 Å². The van der Waals surface area contributed by atoms with Crippen LogP contribution in [0.15, 0.2) is 0 Å². The molecule has 1 saturated heterocycles. The van der Waals surface area contributed by atoms with E-state index in [1.54, 1.807) is 0 Å². The lowest BCUT2D eigenvalue weighted by Crippen LogP contribution is -2.61. The van der Waals surface area contributed by atoms with Gasteiger partial charge in [0, 0.05) is 24.7 Å². The van der Waals surface area contributed by atoms with Crippen molar-refractivity contribution in [3.63, 3.8) is 0 Å². The van der Waals surface area contributed by atoms with Crippen molar-refractivity contribution in [2.24, 2.45) is 17.1 Å². The van der Waals surface area contributed by atoms with Crippen LogP contribution in [0, 0.1) is 11.3 Å². The van der Waals surface area contributed by atoms with E-state index < -0.39 is 0 Å². The molecule has 2 fully saturated rings. The zero-order valence-electron chi connectivity index (χ0n) is 14.7. The second-order valence-corrected chi connectivity index (χ2v) is 8.25. The summed E-state index contributed by atoms with van der Waals surface area (Å²) in [4.78, 5) is 2.72. The molecule has 0 aromatic rings. The molecular formula is C18H36N2O. The first-order valence-corrected chi connectivity index (χ1v) is 8.97. The highest BCUT2D eigenvalue weighted by atomic mass is 16.5. The Bertz CT molecular complexity index is 326. The summed E-state index contributed by atoms with van der Waals surface area (Å²) in [6.07, 6.45) is 7.73. The van der Waals surface area contributed by atoms with Crippen molar-refractivity contribution >= 4 is 0 Å². The highest BCUT2D eigenvalue weighted by Crippen LogP contribution is 2.42. The van der Waals surface area contributed by atoms with Crippen LogP contribution in [0.2, 0.25) is 0 Å². The maximum absolute atomic E-state index is 6.33. The average molecular weight is 296 g/mol. The van der Waals surface area contributed by atoms with E-state index in [2.05, 4.69) is 32.6 Å². The highest BCUT2D eigenvalue weighted by molar-refractivity contribution is 4.98. The number of morpholine rings is 1. The summed E-state index contributed by atoms with van der Waals surface area (Å²) in [5.41, 5.74) is 6.98. The summed E-state index contributed by atoms with van der Waals surface area (Å²) < 4.78 is 5.71. The van der Waals surface area contributed by atoms with Gasteiger partial charge < -0.3 is 10.5 Å². The van der Waals surface area contributed by atoms with Gasteiger partial charge in [-0.25, -0.2) is 0 Å². The Labute approximate surface area is 131 Å². The average Bonchev–Trinajstić information content (AvgIpc) is 2.70. The maximum atomic E-state index is 6.33. The van der Waals surface area contributed by atoms with Crippen molar-refractivity contribution in [3.05, 3.63) is 0 Å². The van der Waals surface area contributed by atoms with Crippen LogP contribution in [0.5, 0.6) is 0 Å². The van der Waals surface area contributed by atoms with E-state index in [9.17, 15) is 0 Å². The Morgan fingerprint density at radius 1 is 1.24 bits per heavy atom. The minimum atomic E-state index is 0.227. The SMILES string of the molecule is CCC1COCCN1C1(CN)CCCC(C(C)(C)C)CC1. The second-order valence-electron chi connectivity index (χ2n) is 8.25. The highest BCUT2D eigenvalue weighted by Gasteiger charge is 2.42. The number of ether oxygens (including phenoxy) is 1. The minimum Gasteiger partial charge on any atom is -0.378 e. The fourth-order valence-electron chi connectivity index (χ4n) is 4.48. The molecule has 1 aliphatic heterocycles. The molecule has 3 nitrogen and oxygen atoms in total. The van der Waals surface area contributed by atoms with Crippen molar-refractivity contribution in [3.8, 4) is 0 Å². The fourth-order valence-corrected chi connectivity index (χ4v) is 4.48. The molecular weight excluding hydrogens is 260 g/mol. The number of nitrogens with two attached hydrogens (primary N) is 1. The van der Waals surface area contributed by atoms with Crippen molar-refractivity contribution < 1.29 is 4.74 Å². The lowest BCUT2D eigenvalue weighted by Gasteiger charge is -2.49. The smallest absolute Gasteiger partial charge is 0.0622 e. The van der Waals surface area contributed by atoms with Crippen molar-refractivity contribution in [1.82, 2.24) is 4.90 Å². The van der Waals surface area contributed by atoms with E-state index >= 15 is 0 Å². The summed E-state index contributed by atoms with van der Waals surface area (Å²) in [5, 5.41) is 0. The number of nitrogens with zero attached hydrogens (tertiary/aromatic N) is 1. The van der Waals surface area contributed by atoms with Gasteiger partial charge in [-0.2, -0.15) is 0 Å². The first-order chi connectivity index (χ1) is 9.93. The number of hydrogen-bond donors (Lipinski definition) is 1. The molecule has 0 radical (unpaired) electrons. The molecule has 0 amide bonds. The van der Waals surface area contributed by atoms with Gasteiger partial charge in [0.05, 0.1) is 13.2 Å². The van der Waals surface area contributed by atoms with E-state index in [1.807, 2.05) is 0 Å². The van der Waals surface area contributed by atoms with E-state index in [4.69, 9.17) is 10.5 Å². The van der Waals surface area contributed by atoms with Crippen LogP contribution in [0.1, 0.15) is 66.2 Å². The van der Waals surface area contributed by atoms with Crippen LogP contribution in [-0.2, 0) is 4.74 Å². The van der Waals surface area contributed by atoms with Crippen molar-refractivity contribution in [2.75, 3.05) is 26.3 Å². The molecule has 0 spiro atoms. The molecule has 2 N–H and O–H groups in total. The zero-order chi connectivity index (χ0) is 15.5. The summed E-state index contributed by atoms with van der Waals surface area (Å²) in [7, 11) is 0. The Balaban J connectivity index is 2.13. The van der Waals surface area contributed by atoms with E-state index in [0.29, 0.717) is 11.5 Å². The molecule has 0 bridgehead atoms. The molecule has 1 saturated carbocycles. The Hall–Kier alpha value is -0.120. The molecule has 0 aromatic carbocycles. The molecule has 1 heterocycles. The van der Waals surface area contributed by atoms with E-state index in [-0.39, 0.29) is 5.54 Å². The first kappa shape index (κ1) is 17.2. The third kappa shape index (κ3) is 3.80. The van der Waals surface area contributed by atoms with Gasteiger partial charge in [0.15, 0.2) is 0 Å². The normalized spacial score (nSPS) is 36.4. The second kappa shape index (κ2) is 6.97. The molecule has 3 unspecified atom stereocenters. The molecule has 3 heteroatoms. The molecule has 124 valence electrons. The summed E-state index contributed by atoms with van der Waals surface area (Å²) in [5.74, 6) is 0.840. The van der Waals surface area contributed by atoms with Gasteiger partial charge in [0.2, 0.25) is 0 Å². The molecule has 1 aliphatic carbocycles. The molecule has 2 rings (SSSR count). The lowest BCUT2D eigenvalue weighted by atomic mass is 9.76.